The lowest BCUT2D eigenvalue weighted by atomic mass is 10.0. The predicted molar refractivity (Wildman–Crippen MR) is 125 cm³/mol. The maximum atomic E-state index is 13.7. The predicted octanol–water partition coefficient (Wildman–Crippen LogP) is 5.06. The Labute approximate surface area is 191 Å². The molecule has 0 aromatic heterocycles. The van der Waals surface area contributed by atoms with E-state index >= 15 is 0 Å². The molecule has 2 amide bonds. The van der Waals surface area contributed by atoms with Gasteiger partial charge in [0.1, 0.15) is 17.2 Å². The number of nitrogens with zero attached hydrogens (tertiary/aromatic N) is 1. The van der Waals surface area contributed by atoms with Gasteiger partial charge in [-0.05, 0) is 48.9 Å². The van der Waals surface area contributed by atoms with Crippen LogP contribution in [0.4, 0.5) is 11.4 Å². The summed E-state index contributed by atoms with van der Waals surface area (Å²) < 4.78 is 10.9. The van der Waals surface area contributed by atoms with Gasteiger partial charge in [-0.1, -0.05) is 41.9 Å². The number of ether oxygens (including phenoxy) is 2. The molecule has 0 bridgehead atoms. The summed E-state index contributed by atoms with van der Waals surface area (Å²) in [6.07, 6.45) is 0. The lowest BCUT2D eigenvalue weighted by molar-refractivity contribution is -0.120. The van der Waals surface area contributed by atoms with E-state index in [0.717, 1.165) is 4.90 Å². The standard InChI is InChI=1S/C25H21ClN2O4/c1-15-14-16(26)12-13-19(15)28-24(29)22(17-8-4-6-10-20(17)31-2)23(25(28)30)27-18-9-5-7-11-21(18)32-3/h4-14,27H,1-3H3. The number of hydrogen-bond acceptors (Lipinski definition) is 5. The Morgan fingerprint density at radius 1 is 0.844 bits per heavy atom. The summed E-state index contributed by atoms with van der Waals surface area (Å²) in [5.41, 5.74) is 2.60. The van der Waals surface area contributed by atoms with Gasteiger partial charge in [-0.15, -0.1) is 0 Å². The molecule has 3 aromatic carbocycles. The third kappa shape index (κ3) is 3.69. The Kier molecular flexibility index (Phi) is 5.88. The fourth-order valence-electron chi connectivity index (χ4n) is 3.72. The maximum absolute atomic E-state index is 13.7. The number of methoxy groups -OCH3 is 2. The van der Waals surface area contributed by atoms with E-state index in [1.165, 1.54) is 7.11 Å². The fraction of sp³-hybridized carbons (Fsp3) is 0.120. The molecule has 0 aliphatic carbocycles. The summed E-state index contributed by atoms with van der Waals surface area (Å²) in [6, 6.07) is 19.3. The van der Waals surface area contributed by atoms with E-state index in [2.05, 4.69) is 5.32 Å². The monoisotopic (exact) mass is 448 g/mol. The lowest BCUT2D eigenvalue weighted by Crippen LogP contribution is -2.33. The van der Waals surface area contributed by atoms with Crippen molar-refractivity contribution in [2.75, 3.05) is 24.4 Å². The van der Waals surface area contributed by atoms with Gasteiger partial charge in [-0.25, -0.2) is 4.90 Å². The number of aryl methyl sites for hydroxylation is 1. The third-order valence-corrected chi connectivity index (χ3v) is 5.46. The Hall–Kier alpha value is -3.77. The number of hydrogen-bond donors (Lipinski definition) is 1. The smallest absolute Gasteiger partial charge is 0.282 e. The summed E-state index contributed by atoms with van der Waals surface area (Å²) in [4.78, 5) is 28.4. The van der Waals surface area contributed by atoms with Gasteiger partial charge in [0, 0.05) is 10.6 Å². The minimum Gasteiger partial charge on any atom is -0.496 e. The Morgan fingerprint density at radius 2 is 1.50 bits per heavy atom. The number of halogens is 1. The van der Waals surface area contributed by atoms with Crippen LogP contribution in [0.1, 0.15) is 11.1 Å². The van der Waals surface area contributed by atoms with Crippen molar-refractivity contribution in [3.05, 3.63) is 88.6 Å². The van der Waals surface area contributed by atoms with Gasteiger partial charge in [-0.3, -0.25) is 9.59 Å². The number of carbonyl (C=O) groups is 2. The average molecular weight is 449 g/mol. The van der Waals surface area contributed by atoms with Crippen LogP contribution in [-0.2, 0) is 9.59 Å². The normalized spacial score (nSPS) is 13.6. The molecule has 0 saturated carbocycles. The van der Waals surface area contributed by atoms with E-state index < -0.39 is 11.8 Å². The molecule has 3 aromatic rings. The first-order chi connectivity index (χ1) is 15.5. The second-order valence-corrected chi connectivity index (χ2v) is 7.59. The second-order valence-electron chi connectivity index (χ2n) is 7.15. The Morgan fingerprint density at radius 3 is 2.19 bits per heavy atom. The molecular formula is C25H21ClN2O4. The van der Waals surface area contributed by atoms with Crippen molar-refractivity contribution in [2.24, 2.45) is 0 Å². The summed E-state index contributed by atoms with van der Waals surface area (Å²) in [5.74, 6) is 0.0907. The highest BCUT2D eigenvalue weighted by molar-refractivity contribution is 6.46. The van der Waals surface area contributed by atoms with Crippen LogP contribution >= 0.6 is 11.6 Å². The van der Waals surface area contributed by atoms with E-state index in [0.29, 0.717) is 39.0 Å². The molecule has 0 atom stereocenters. The molecule has 0 radical (unpaired) electrons. The molecule has 0 fully saturated rings. The van der Waals surface area contributed by atoms with Gasteiger partial charge in [0.25, 0.3) is 11.8 Å². The zero-order valence-corrected chi connectivity index (χ0v) is 18.6. The number of benzene rings is 3. The first-order valence-corrected chi connectivity index (χ1v) is 10.3. The van der Waals surface area contributed by atoms with Gasteiger partial charge in [0.15, 0.2) is 0 Å². The van der Waals surface area contributed by atoms with Crippen molar-refractivity contribution in [2.45, 2.75) is 6.92 Å². The van der Waals surface area contributed by atoms with E-state index in [1.54, 1.807) is 68.6 Å². The summed E-state index contributed by atoms with van der Waals surface area (Å²) in [6.45, 7) is 1.80. The number of nitrogens with one attached hydrogen (secondary N) is 1. The SMILES string of the molecule is COc1ccccc1NC1=C(c2ccccc2OC)C(=O)N(c2ccc(Cl)cc2C)C1=O. The van der Waals surface area contributed by atoms with E-state index in [9.17, 15) is 9.59 Å². The van der Waals surface area contributed by atoms with Crippen LogP contribution in [0.5, 0.6) is 11.5 Å². The highest BCUT2D eigenvalue weighted by Gasteiger charge is 2.42. The molecule has 0 saturated heterocycles. The minimum absolute atomic E-state index is 0.137. The van der Waals surface area contributed by atoms with Crippen molar-refractivity contribution < 1.29 is 19.1 Å². The molecule has 162 valence electrons. The van der Waals surface area contributed by atoms with E-state index in [1.807, 2.05) is 12.1 Å². The van der Waals surface area contributed by atoms with E-state index in [-0.39, 0.29) is 11.3 Å². The molecule has 1 aliphatic rings. The Bertz CT molecular complexity index is 1250. The molecule has 1 heterocycles. The molecular weight excluding hydrogens is 428 g/mol. The van der Waals surface area contributed by atoms with Crippen LogP contribution in [0.25, 0.3) is 5.57 Å². The highest BCUT2D eigenvalue weighted by Crippen LogP contribution is 2.39. The summed E-state index contributed by atoms with van der Waals surface area (Å²) in [5, 5.41) is 3.66. The first-order valence-electron chi connectivity index (χ1n) is 9.89. The summed E-state index contributed by atoms with van der Waals surface area (Å²) >= 11 is 6.09. The second kappa shape index (κ2) is 8.77. The number of para-hydroxylation sites is 3. The minimum atomic E-state index is -0.479. The quantitative estimate of drug-likeness (QED) is 0.534. The largest absolute Gasteiger partial charge is 0.496 e. The van der Waals surface area contributed by atoms with Gasteiger partial charge < -0.3 is 14.8 Å². The van der Waals surface area contributed by atoms with Crippen LogP contribution in [0.3, 0.4) is 0 Å². The molecule has 0 unspecified atom stereocenters. The van der Waals surface area contributed by atoms with Gasteiger partial charge in [0.2, 0.25) is 0 Å². The third-order valence-electron chi connectivity index (χ3n) is 5.23. The van der Waals surface area contributed by atoms with Crippen LogP contribution in [-0.4, -0.2) is 26.0 Å². The topological polar surface area (TPSA) is 67.9 Å². The number of rotatable bonds is 6. The van der Waals surface area contributed by atoms with Crippen molar-refractivity contribution >= 4 is 40.4 Å². The van der Waals surface area contributed by atoms with Crippen molar-refractivity contribution in [3.8, 4) is 11.5 Å². The van der Waals surface area contributed by atoms with Gasteiger partial charge >= 0.3 is 0 Å². The zero-order valence-electron chi connectivity index (χ0n) is 17.8. The number of carbonyl (C=O) groups excluding carboxylic acids is 2. The molecule has 6 nitrogen and oxygen atoms in total. The van der Waals surface area contributed by atoms with Crippen molar-refractivity contribution in [1.29, 1.82) is 0 Å². The number of anilines is 2. The van der Waals surface area contributed by atoms with Crippen LogP contribution in [0, 0.1) is 6.92 Å². The fourth-order valence-corrected chi connectivity index (χ4v) is 3.94. The molecule has 4 rings (SSSR count). The van der Waals surface area contributed by atoms with Crippen molar-refractivity contribution in [1.82, 2.24) is 0 Å². The van der Waals surface area contributed by atoms with Crippen molar-refractivity contribution in [3.63, 3.8) is 0 Å². The molecule has 1 aliphatic heterocycles. The lowest BCUT2D eigenvalue weighted by Gasteiger charge is -2.18. The first kappa shape index (κ1) is 21.5. The molecule has 1 N–H and O–H groups in total. The Balaban J connectivity index is 1.90. The van der Waals surface area contributed by atoms with Crippen LogP contribution < -0.4 is 19.7 Å². The maximum Gasteiger partial charge on any atom is 0.282 e. The van der Waals surface area contributed by atoms with Gasteiger partial charge in [-0.2, -0.15) is 0 Å². The van der Waals surface area contributed by atoms with Crippen LogP contribution in [0.2, 0.25) is 5.02 Å². The average Bonchev–Trinajstić information content (AvgIpc) is 3.03. The summed E-state index contributed by atoms with van der Waals surface area (Å²) in [7, 11) is 3.07. The zero-order chi connectivity index (χ0) is 22.8. The molecule has 32 heavy (non-hydrogen) atoms. The number of imide groups is 1. The van der Waals surface area contributed by atoms with Gasteiger partial charge in [0.05, 0.1) is 31.2 Å². The number of amides is 2. The van der Waals surface area contributed by atoms with Crippen LogP contribution in [0.15, 0.2) is 72.4 Å². The molecule has 7 heteroatoms. The van der Waals surface area contributed by atoms with E-state index in [4.69, 9.17) is 21.1 Å². The highest BCUT2D eigenvalue weighted by atomic mass is 35.5. The molecule has 0 spiro atoms.